The van der Waals surface area contributed by atoms with Crippen LogP contribution in [0, 0.1) is 0 Å². The third kappa shape index (κ3) is 4.24. The third-order valence-corrected chi connectivity index (χ3v) is 5.88. The summed E-state index contributed by atoms with van der Waals surface area (Å²) in [4.78, 5) is 17.9. The molecule has 1 amide bonds. The second kappa shape index (κ2) is 9.38. The van der Waals surface area contributed by atoms with E-state index in [1.807, 2.05) is 48.5 Å². The standard InChI is InChI=1S/C28H24N2O5/c1-32-18-15-25(33-2)21(26(16-18)34-3)14-17-12-13-24(35-17)28(31)30-27-19-8-4-6-10-22(19)29-23-11-7-5-9-20(23)27/h4-13,15-16H,14H2,1-3H3,(H,29,30,31). The molecule has 7 heteroatoms. The van der Waals surface area contributed by atoms with Gasteiger partial charge in [0.25, 0.3) is 5.91 Å². The highest BCUT2D eigenvalue weighted by atomic mass is 16.5. The minimum absolute atomic E-state index is 0.205. The quantitative estimate of drug-likeness (QED) is 0.302. The topological polar surface area (TPSA) is 82.8 Å². The summed E-state index contributed by atoms with van der Waals surface area (Å²) < 4.78 is 22.3. The SMILES string of the molecule is COc1cc(OC)c(Cc2ccc(C(=O)Nc3c4ccccc4nc4ccccc34)o2)c(OC)c1. The number of hydrogen-bond donors (Lipinski definition) is 1. The van der Waals surface area contributed by atoms with Gasteiger partial charge in [-0.05, 0) is 24.3 Å². The van der Waals surface area contributed by atoms with E-state index in [-0.39, 0.29) is 11.7 Å². The first kappa shape index (κ1) is 22.3. The zero-order valence-electron chi connectivity index (χ0n) is 19.6. The molecule has 0 spiro atoms. The maximum absolute atomic E-state index is 13.2. The summed E-state index contributed by atoms with van der Waals surface area (Å²) in [5.41, 5.74) is 3.11. The van der Waals surface area contributed by atoms with Gasteiger partial charge in [-0.2, -0.15) is 0 Å². The van der Waals surface area contributed by atoms with Crippen LogP contribution in [0.15, 0.2) is 77.2 Å². The van der Waals surface area contributed by atoms with Gasteiger partial charge in [0.2, 0.25) is 0 Å². The van der Waals surface area contributed by atoms with Crippen molar-refractivity contribution in [3.05, 3.63) is 89.9 Å². The Morgan fingerprint density at radius 1 is 0.829 bits per heavy atom. The monoisotopic (exact) mass is 468 g/mol. The number of nitrogens with one attached hydrogen (secondary N) is 1. The molecule has 3 aromatic carbocycles. The second-order valence-electron chi connectivity index (χ2n) is 7.93. The molecule has 0 saturated heterocycles. The molecule has 0 unspecified atom stereocenters. The van der Waals surface area contributed by atoms with E-state index in [0.29, 0.717) is 35.1 Å². The first-order valence-electron chi connectivity index (χ1n) is 11.1. The van der Waals surface area contributed by atoms with E-state index in [1.54, 1.807) is 45.6 Å². The molecule has 2 aromatic heterocycles. The van der Waals surface area contributed by atoms with Crippen LogP contribution in [0.3, 0.4) is 0 Å². The van der Waals surface area contributed by atoms with Gasteiger partial charge in [-0.15, -0.1) is 0 Å². The molecule has 0 aliphatic heterocycles. The summed E-state index contributed by atoms with van der Waals surface area (Å²) in [7, 11) is 4.75. The molecule has 1 N–H and O–H groups in total. The molecule has 5 aromatic rings. The largest absolute Gasteiger partial charge is 0.496 e. The molecule has 2 heterocycles. The molecule has 0 aliphatic carbocycles. The van der Waals surface area contributed by atoms with Gasteiger partial charge in [-0.3, -0.25) is 4.79 Å². The van der Waals surface area contributed by atoms with Crippen molar-refractivity contribution in [2.24, 2.45) is 0 Å². The maximum atomic E-state index is 13.2. The van der Waals surface area contributed by atoms with E-state index in [9.17, 15) is 4.79 Å². The zero-order valence-corrected chi connectivity index (χ0v) is 19.6. The molecule has 0 fully saturated rings. The number of carbonyl (C=O) groups excluding carboxylic acids is 1. The van der Waals surface area contributed by atoms with Crippen LogP contribution in [0.4, 0.5) is 5.69 Å². The van der Waals surface area contributed by atoms with Crippen LogP contribution < -0.4 is 19.5 Å². The lowest BCUT2D eigenvalue weighted by atomic mass is 10.1. The van der Waals surface area contributed by atoms with Gasteiger partial charge in [-0.25, -0.2) is 4.98 Å². The van der Waals surface area contributed by atoms with Crippen molar-refractivity contribution in [3.8, 4) is 17.2 Å². The molecular formula is C28H24N2O5. The normalized spacial score (nSPS) is 10.9. The molecule has 7 nitrogen and oxygen atoms in total. The van der Waals surface area contributed by atoms with Crippen LogP contribution in [-0.4, -0.2) is 32.2 Å². The Hall–Kier alpha value is -4.52. The fourth-order valence-corrected chi connectivity index (χ4v) is 4.17. The molecule has 0 bridgehead atoms. The van der Waals surface area contributed by atoms with Gasteiger partial charge in [0, 0.05) is 34.9 Å². The maximum Gasteiger partial charge on any atom is 0.291 e. The summed E-state index contributed by atoms with van der Waals surface area (Å²) in [6.45, 7) is 0. The number of carbonyl (C=O) groups is 1. The summed E-state index contributed by atoms with van der Waals surface area (Å²) in [6.07, 6.45) is 0.380. The molecule has 176 valence electrons. The molecule has 5 rings (SSSR count). The van der Waals surface area contributed by atoms with Gasteiger partial charge in [-0.1, -0.05) is 36.4 Å². The number of ether oxygens (including phenoxy) is 3. The summed E-state index contributed by atoms with van der Waals surface area (Å²) >= 11 is 0. The van der Waals surface area contributed by atoms with Gasteiger partial charge >= 0.3 is 0 Å². The van der Waals surface area contributed by atoms with Crippen LogP contribution >= 0.6 is 0 Å². The lowest BCUT2D eigenvalue weighted by Crippen LogP contribution is -2.12. The molecule has 0 aliphatic rings. The predicted octanol–water partition coefficient (Wildman–Crippen LogP) is 5.85. The summed E-state index contributed by atoms with van der Waals surface area (Å²) in [5, 5.41) is 4.76. The van der Waals surface area contributed by atoms with Gasteiger partial charge < -0.3 is 23.9 Å². The highest BCUT2D eigenvalue weighted by molar-refractivity contribution is 6.15. The van der Waals surface area contributed by atoms with Crippen molar-refractivity contribution < 1.29 is 23.4 Å². The van der Waals surface area contributed by atoms with Crippen LogP contribution in [0.2, 0.25) is 0 Å². The lowest BCUT2D eigenvalue weighted by Gasteiger charge is -2.14. The first-order chi connectivity index (χ1) is 17.1. The number of amides is 1. The number of methoxy groups -OCH3 is 3. The van der Waals surface area contributed by atoms with Crippen molar-refractivity contribution in [2.45, 2.75) is 6.42 Å². The number of anilines is 1. The Bertz CT molecular complexity index is 1460. The smallest absolute Gasteiger partial charge is 0.291 e. The highest BCUT2D eigenvalue weighted by Crippen LogP contribution is 2.36. The summed E-state index contributed by atoms with van der Waals surface area (Å²) in [5.74, 6) is 2.31. The van der Waals surface area contributed by atoms with Crippen molar-refractivity contribution in [1.29, 1.82) is 0 Å². The van der Waals surface area contributed by atoms with Gasteiger partial charge in [0.05, 0.1) is 38.1 Å². The van der Waals surface area contributed by atoms with Crippen LogP contribution in [-0.2, 0) is 6.42 Å². The predicted molar refractivity (Wildman–Crippen MR) is 135 cm³/mol. The van der Waals surface area contributed by atoms with Gasteiger partial charge in [0.1, 0.15) is 23.0 Å². The van der Waals surface area contributed by atoms with Crippen LogP contribution in [0.5, 0.6) is 17.2 Å². The molecule has 0 saturated carbocycles. The van der Waals surface area contributed by atoms with E-state index < -0.39 is 0 Å². The fourth-order valence-electron chi connectivity index (χ4n) is 4.17. The number of fused-ring (bicyclic) bond motifs is 2. The zero-order chi connectivity index (χ0) is 24.4. The third-order valence-electron chi connectivity index (χ3n) is 5.88. The number of nitrogens with zero attached hydrogens (tertiary/aromatic N) is 1. The minimum Gasteiger partial charge on any atom is -0.496 e. The second-order valence-corrected chi connectivity index (χ2v) is 7.93. The van der Waals surface area contributed by atoms with E-state index >= 15 is 0 Å². The number of aromatic nitrogens is 1. The Balaban J connectivity index is 1.46. The number of para-hydroxylation sites is 2. The first-order valence-corrected chi connectivity index (χ1v) is 11.1. The number of rotatable bonds is 7. The molecule has 0 atom stereocenters. The Morgan fingerprint density at radius 2 is 1.43 bits per heavy atom. The van der Waals surface area contributed by atoms with E-state index in [2.05, 4.69) is 5.32 Å². The van der Waals surface area contributed by atoms with Crippen molar-refractivity contribution in [3.63, 3.8) is 0 Å². The van der Waals surface area contributed by atoms with Crippen molar-refractivity contribution in [2.75, 3.05) is 26.6 Å². The Labute approximate surface area is 202 Å². The highest BCUT2D eigenvalue weighted by Gasteiger charge is 2.19. The van der Waals surface area contributed by atoms with E-state index in [1.165, 1.54) is 0 Å². The summed E-state index contributed by atoms with van der Waals surface area (Å²) in [6, 6.07) is 22.5. The van der Waals surface area contributed by atoms with Crippen LogP contribution in [0.1, 0.15) is 21.9 Å². The lowest BCUT2D eigenvalue weighted by molar-refractivity contribution is 0.0995. The number of pyridine rings is 1. The molecule has 35 heavy (non-hydrogen) atoms. The number of benzene rings is 3. The van der Waals surface area contributed by atoms with E-state index in [4.69, 9.17) is 23.6 Å². The average molecular weight is 469 g/mol. The van der Waals surface area contributed by atoms with Crippen molar-refractivity contribution in [1.82, 2.24) is 4.98 Å². The molecule has 0 radical (unpaired) electrons. The fraction of sp³-hybridized carbons (Fsp3) is 0.143. The Morgan fingerprint density at radius 3 is 2.00 bits per heavy atom. The van der Waals surface area contributed by atoms with Crippen molar-refractivity contribution >= 4 is 33.4 Å². The molecular weight excluding hydrogens is 444 g/mol. The average Bonchev–Trinajstić information content (AvgIpc) is 3.37. The van der Waals surface area contributed by atoms with Gasteiger partial charge in [0.15, 0.2) is 5.76 Å². The minimum atomic E-state index is -0.341. The number of furan rings is 1. The van der Waals surface area contributed by atoms with Crippen LogP contribution in [0.25, 0.3) is 21.8 Å². The number of hydrogen-bond acceptors (Lipinski definition) is 6. The Kier molecular flexibility index (Phi) is 5.97. The van der Waals surface area contributed by atoms with E-state index in [0.717, 1.165) is 27.4 Å².